The molecule has 0 aromatic carbocycles. The van der Waals surface area contributed by atoms with Gasteiger partial charge in [-0.1, -0.05) is 19.9 Å². The zero-order chi connectivity index (χ0) is 19.8. The van der Waals surface area contributed by atoms with Gasteiger partial charge >= 0.3 is 5.97 Å². The van der Waals surface area contributed by atoms with Gasteiger partial charge in [0.15, 0.2) is 11.5 Å². The molecule has 1 atom stereocenters. The van der Waals surface area contributed by atoms with Crippen molar-refractivity contribution in [3.63, 3.8) is 0 Å². The van der Waals surface area contributed by atoms with Gasteiger partial charge in [0.05, 0.1) is 25.1 Å². The summed E-state index contributed by atoms with van der Waals surface area (Å²) in [6, 6.07) is 3.19. The van der Waals surface area contributed by atoms with Crippen molar-refractivity contribution in [2.24, 2.45) is 5.41 Å². The zero-order valence-electron chi connectivity index (χ0n) is 15.9. The summed E-state index contributed by atoms with van der Waals surface area (Å²) in [5, 5.41) is 4.73. The molecule has 144 valence electrons. The maximum atomic E-state index is 12.9. The predicted molar refractivity (Wildman–Crippen MR) is 101 cm³/mol. The number of hydrogen-bond acceptors (Lipinski definition) is 6. The summed E-state index contributed by atoms with van der Waals surface area (Å²) in [5.41, 5.74) is 0.901. The Bertz CT molecular complexity index is 879. The Morgan fingerprint density at radius 1 is 1.37 bits per heavy atom. The molecule has 0 radical (unpaired) electrons. The highest BCUT2D eigenvalue weighted by Gasteiger charge is 2.37. The number of rotatable bonds is 5. The smallest absolute Gasteiger partial charge is 0.307 e. The van der Waals surface area contributed by atoms with Crippen molar-refractivity contribution in [3.8, 4) is 0 Å². The predicted octanol–water partition coefficient (Wildman–Crippen LogP) is 3.84. The second-order valence-electron chi connectivity index (χ2n) is 7.62. The van der Waals surface area contributed by atoms with E-state index < -0.39 is 17.9 Å². The molecule has 6 nitrogen and oxygen atoms in total. The minimum absolute atomic E-state index is 0.00548. The number of thiophene rings is 1. The summed E-state index contributed by atoms with van der Waals surface area (Å²) in [4.78, 5) is 37.9. The van der Waals surface area contributed by atoms with Crippen molar-refractivity contribution in [1.29, 1.82) is 0 Å². The zero-order valence-corrected chi connectivity index (χ0v) is 16.7. The first-order valence-corrected chi connectivity index (χ1v) is 9.66. The van der Waals surface area contributed by atoms with Gasteiger partial charge < -0.3 is 14.5 Å². The number of carbonyl (C=O) groups is 3. The van der Waals surface area contributed by atoms with Crippen molar-refractivity contribution < 1.29 is 23.5 Å². The Balaban J connectivity index is 1.87. The lowest BCUT2D eigenvalue weighted by Gasteiger charge is -2.27. The van der Waals surface area contributed by atoms with E-state index in [0.717, 1.165) is 4.88 Å². The first kappa shape index (κ1) is 19.4. The van der Waals surface area contributed by atoms with Crippen molar-refractivity contribution in [3.05, 3.63) is 45.0 Å². The molecule has 1 aliphatic rings. The fourth-order valence-corrected chi connectivity index (χ4v) is 4.26. The highest BCUT2D eigenvalue weighted by molar-refractivity contribution is 7.10. The average Bonchev–Trinajstić information content (AvgIpc) is 3.21. The Kier molecular flexibility index (Phi) is 5.24. The number of ketones is 1. The molecule has 1 amide bonds. The number of Topliss-reactive ketones (excluding diaryl/α,β-unsaturated/α-hetero) is 1. The van der Waals surface area contributed by atoms with Gasteiger partial charge in [0, 0.05) is 23.3 Å². The molecule has 2 aromatic heterocycles. The van der Waals surface area contributed by atoms with E-state index in [2.05, 4.69) is 5.32 Å². The Labute approximate surface area is 161 Å². The SMILES string of the molecule is COC(=O)C[C@@H](NC(=O)c1oc2c(c1C)C(=O)CC(C)(C)C2)c1cccs1. The van der Waals surface area contributed by atoms with Gasteiger partial charge in [-0.15, -0.1) is 11.3 Å². The molecule has 1 N–H and O–H groups in total. The van der Waals surface area contributed by atoms with Gasteiger partial charge in [-0.2, -0.15) is 0 Å². The van der Waals surface area contributed by atoms with E-state index in [1.165, 1.54) is 18.4 Å². The number of nitrogens with one attached hydrogen (secondary N) is 1. The standard InChI is InChI=1S/C20H23NO5S/c1-11-17-13(22)9-20(2,3)10-14(17)26-18(11)19(24)21-12(8-16(23)25-4)15-6-5-7-27-15/h5-7,12H,8-10H2,1-4H3,(H,21,24)/t12-/m1/s1. The minimum Gasteiger partial charge on any atom is -0.469 e. The lowest BCUT2D eigenvalue weighted by molar-refractivity contribution is -0.141. The highest BCUT2D eigenvalue weighted by atomic mass is 32.1. The molecule has 27 heavy (non-hydrogen) atoms. The average molecular weight is 389 g/mol. The number of fused-ring (bicyclic) bond motifs is 1. The number of ether oxygens (including phenoxy) is 1. The molecule has 0 saturated carbocycles. The molecular weight excluding hydrogens is 366 g/mol. The summed E-state index contributed by atoms with van der Waals surface area (Å²) in [7, 11) is 1.31. The van der Waals surface area contributed by atoms with Crippen LogP contribution in [0.3, 0.4) is 0 Å². The normalized spacial score (nSPS) is 16.5. The Hall–Kier alpha value is -2.41. The van der Waals surface area contributed by atoms with E-state index in [9.17, 15) is 14.4 Å². The van der Waals surface area contributed by atoms with Crippen molar-refractivity contribution in [2.75, 3.05) is 7.11 Å². The molecule has 0 fully saturated rings. The lowest BCUT2D eigenvalue weighted by atomic mass is 9.76. The number of carbonyl (C=O) groups excluding carboxylic acids is 3. The number of esters is 1. The molecule has 2 heterocycles. The molecule has 0 spiro atoms. The van der Waals surface area contributed by atoms with Crippen LogP contribution in [-0.4, -0.2) is 24.8 Å². The van der Waals surface area contributed by atoms with Crippen LogP contribution in [0.1, 0.15) is 69.8 Å². The third kappa shape index (κ3) is 3.98. The van der Waals surface area contributed by atoms with Crippen LogP contribution in [0.5, 0.6) is 0 Å². The highest BCUT2D eigenvalue weighted by Crippen LogP contribution is 2.38. The molecule has 0 saturated heterocycles. The van der Waals surface area contributed by atoms with Gasteiger partial charge in [-0.25, -0.2) is 0 Å². The van der Waals surface area contributed by atoms with Crippen LogP contribution in [0.25, 0.3) is 0 Å². The number of methoxy groups -OCH3 is 1. The summed E-state index contributed by atoms with van der Waals surface area (Å²) >= 11 is 1.45. The van der Waals surface area contributed by atoms with Crippen molar-refractivity contribution in [2.45, 2.75) is 46.1 Å². The number of amides is 1. The maximum Gasteiger partial charge on any atom is 0.307 e. The van der Waals surface area contributed by atoms with E-state index in [1.54, 1.807) is 6.92 Å². The molecule has 1 aliphatic carbocycles. The van der Waals surface area contributed by atoms with Crippen LogP contribution in [0.15, 0.2) is 21.9 Å². The molecule has 7 heteroatoms. The molecule has 0 unspecified atom stereocenters. The first-order valence-electron chi connectivity index (χ1n) is 8.78. The Morgan fingerprint density at radius 2 is 2.11 bits per heavy atom. The fraction of sp³-hybridized carbons (Fsp3) is 0.450. The largest absolute Gasteiger partial charge is 0.469 e. The van der Waals surface area contributed by atoms with Crippen LogP contribution in [-0.2, 0) is 16.0 Å². The second kappa shape index (κ2) is 7.31. The van der Waals surface area contributed by atoms with Crippen LogP contribution in [0.4, 0.5) is 0 Å². The maximum absolute atomic E-state index is 12.9. The van der Waals surface area contributed by atoms with Crippen LogP contribution >= 0.6 is 11.3 Å². The van der Waals surface area contributed by atoms with E-state index >= 15 is 0 Å². The molecule has 2 aromatic rings. The Morgan fingerprint density at radius 3 is 2.74 bits per heavy atom. The van der Waals surface area contributed by atoms with Crippen LogP contribution in [0.2, 0.25) is 0 Å². The van der Waals surface area contributed by atoms with Crippen molar-refractivity contribution >= 4 is 29.0 Å². The van der Waals surface area contributed by atoms with Crippen molar-refractivity contribution in [1.82, 2.24) is 5.32 Å². The molecule has 0 bridgehead atoms. The quantitative estimate of drug-likeness (QED) is 0.785. The summed E-state index contributed by atoms with van der Waals surface area (Å²) in [6.07, 6.45) is 1.06. The summed E-state index contributed by atoms with van der Waals surface area (Å²) < 4.78 is 10.5. The topological polar surface area (TPSA) is 85.6 Å². The van der Waals surface area contributed by atoms with E-state index in [4.69, 9.17) is 9.15 Å². The third-order valence-corrected chi connectivity index (χ3v) is 5.76. The number of hydrogen-bond donors (Lipinski definition) is 1. The first-order chi connectivity index (χ1) is 12.7. The summed E-state index contributed by atoms with van der Waals surface area (Å²) in [5.74, 6) is -0.140. The number of furan rings is 1. The molecule has 0 aliphatic heterocycles. The van der Waals surface area contributed by atoms with E-state index in [-0.39, 0.29) is 23.4 Å². The monoisotopic (exact) mass is 389 g/mol. The second-order valence-corrected chi connectivity index (χ2v) is 8.60. The fourth-order valence-electron chi connectivity index (χ4n) is 3.49. The minimum atomic E-state index is -0.515. The van der Waals surface area contributed by atoms with Gasteiger partial charge in [0.25, 0.3) is 5.91 Å². The van der Waals surface area contributed by atoms with E-state index in [0.29, 0.717) is 29.7 Å². The van der Waals surface area contributed by atoms with E-state index in [1.807, 2.05) is 31.4 Å². The van der Waals surface area contributed by atoms with Gasteiger partial charge in [-0.3, -0.25) is 14.4 Å². The van der Waals surface area contributed by atoms with Crippen LogP contribution in [0, 0.1) is 12.3 Å². The van der Waals surface area contributed by atoms with Gasteiger partial charge in [-0.05, 0) is 23.8 Å². The van der Waals surface area contributed by atoms with Gasteiger partial charge in [0.2, 0.25) is 0 Å². The van der Waals surface area contributed by atoms with Crippen LogP contribution < -0.4 is 5.32 Å². The molecular formula is C20H23NO5S. The van der Waals surface area contributed by atoms with Gasteiger partial charge in [0.1, 0.15) is 5.76 Å². The third-order valence-electron chi connectivity index (χ3n) is 4.77. The summed E-state index contributed by atoms with van der Waals surface area (Å²) in [6.45, 7) is 5.75. The molecule has 3 rings (SSSR count). The lowest BCUT2D eigenvalue weighted by Crippen LogP contribution is -2.30.